The number of unbranched alkanes of at least 4 members (excludes halogenated alkanes) is 11. The lowest BCUT2D eigenvalue weighted by atomic mass is 10.0. The largest absolute Gasteiger partial charge is 0.494 e. The summed E-state index contributed by atoms with van der Waals surface area (Å²) in [5.41, 5.74) is 1.26. The molecule has 0 aliphatic heterocycles. The number of nitrogens with zero attached hydrogens (tertiary/aromatic N) is 1. The SMILES string of the molecule is CCCCCCCCCCCCCCOc1ccc(C(=O)C(Br)c2ccc([N+](=O)[O-])cc2)cc1. The van der Waals surface area contributed by atoms with Crippen molar-refractivity contribution in [2.45, 2.75) is 88.8 Å². The van der Waals surface area contributed by atoms with Crippen LogP contribution in [0.25, 0.3) is 0 Å². The first-order valence-electron chi connectivity index (χ1n) is 12.7. The van der Waals surface area contributed by atoms with Gasteiger partial charge in [0.25, 0.3) is 5.69 Å². The first-order valence-corrected chi connectivity index (χ1v) is 13.6. The predicted octanol–water partition coefficient (Wildman–Crippen LogP) is 8.99. The molecule has 1 unspecified atom stereocenters. The van der Waals surface area contributed by atoms with Crippen LogP contribution in [0.5, 0.6) is 5.75 Å². The van der Waals surface area contributed by atoms with Crippen LogP contribution in [0.3, 0.4) is 0 Å². The van der Waals surface area contributed by atoms with Crippen molar-refractivity contribution in [3.8, 4) is 5.75 Å². The third-order valence-corrected chi connectivity index (χ3v) is 6.98. The summed E-state index contributed by atoms with van der Waals surface area (Å²) in [7, 11) is 0. The van der Waals surface area contributed by atoms with E-state index in [1.165, 1.54) is 82.8 Å². The van der Waals surface area contributed by atoms with Gasteiger partial charge in [-0.05, 0) is 36.2 Å². The second kappa shape index (κ2) is 16.4. The van der Waals surface area contributed by atoms with E-state index >= 15 is 0 Å². The molecule has 34 heavy (non-hydrogen) atoms. The van der Waals surface area contributed by atoms with E-state index in [1.807, 2.05) is 12.1 Å². The molecule has 0 aliphatic rings. The summed E-state index contributed by atoms with van der Waals surface area (Å²) >= 11 is 3.42. The van der Waals surface area contributed by atoms with E-state index in [2.05, 4.69) is 22.9 Å². The van der Waals surface area contributed by atoms with Gasteiger partial charge in [-0.3, -0.25) is 14.9 Å². The number of non-ortho nitro benzene ring substituents is 1. The number of ether oxygens (including phenoxy) is 1. The normalized spacial score (nSPS) is 11.8. The number of carbonyl (C=O) groups is 1. The van der Waals surface area contributed by atoms with E-state index in [9.17, 15) is 14.9 Å². The Labute approximate surface area is 212 Å². The van der Waals surface area contributed by atoms with Crippen LogP contribution in [0.2, 0.25) is 0 Å². The Bertz CT molecular complexity index is 852. The average molecular weight is 533 g/mol. The number of alkyl halides is 1. The van der Waals surface area contributed by atoms with E-state index < -0.39 is 9.75 Å². The fourth-order valence-corrected chi connectivity index (χ4v) is 4.48. The average Bonchev–Trinajstić information content (AvgIpc) is 2.86. The zero-order valence-electron chi connectivity index (χ0n) is 20.3. The van der Waals surface area contributed by atoms with E-state index in [0.717, 1.165) is 12.2 Å². The van der Waals surface area contributed by atoms with E-state index in [-0.39, 0.29) is 11.5 Å². The number of hydrogen-bond donors (Lipinski definition) is 0. The first kappa shape index (κ1) is 28.0. The number of hydrogen-bond acceptors (Lipinski definition) is 4. The van der Waals surface area contributed by atoms with Gasteiger partial charge in [0.05, 0.1) is 11.5 Å². The molecule has 0 aliphatic carbocycles. The van der Waals surface area contributed by atoms with E-state index in [4.69, 9.17) is 4.74 Å². The van der Waals surface area contributed by atoms with Crippen LogP contribution in [0, 0.1) is 10.1 Å². The van der Waals surface area contributed by atoms with Crippen LogP contribution in [0.15, 0.2) is 48.5 Å². The number of benzene rings is 2. The van der Waals surface area contributed by atoms with Gasteiger partial charge in [0.1, 0.15) is 10.6 Å². The maximum absolute atomic E-state index is 12.7. The van der Waals surface area contributed by atoms with Crippen molar-refractivity contribution >= 4 is 27.4 Å². The molecular weight excluding hydrogens is 494 g/mol. The van der Waals surface area contributed by atoms with Crippen LogP contribution >= 0.6 is 15.9 Å². The fourth-order valence-electron chi connectivity index (χ4n) is 3.91. The van der Waals surface area contributed by atoms with Gasteiger partial charge in [0, 0.05) is 17.7 Å². The number of halogens is 1. The molecule has 186 valence electrons. The highest BCUT2D eigenvalue weighted by Crippen LogP contribution is 2.29. The van der Waals surface area contributed by atoms with Crippen molar-refractivity contribution < 1.29 is 14.5 Å². The Morgan fingerprint density at radius 2 is 1.32 bits per heavy atom. The van der Waals surface area contributed by atoms with Gasteiger partial charge in [-0.25, -0.2) is 0 Å². The molecule has 0 bridgehead atoms. The van der Waals surface area contributed by atoms with Crippen LogP contribution in [0.1, 0.15) is 105 Å². The molecule has 0 heterocycles. The van der Waals surface area contributed by atoms with Gasteiger partial charge < -0.3 is 4.74 Å². The molecule has 2 aromatic rings. The van der Waals surface area contributed by atoms with Crippen LogP contribution in [-0.4, -0.2) is 17.3 Å². The molecular formula is C28H38BrNO4. The molecule has 2 aromatic carbocycles. The molecule has 6 heteroatoms. The second-order valence-corrected chi connectivity index (χ2v) is 9.75. The lowest BCUT2D eigenvalue weighted by molar-refractivity contribution is -0.384. The molecule has 0 N–H and O–H groups in total. The Balaban J connectivity index is 1.60. The smallest absolute Gasteiger partial charge is 0.269 e. The van der Waals surface area contributed by atoms with E-state index in [1.54, 1.807) is 24.3 Å². The van der Waals surface area contributed by atoms with Crippen LogP contribution in [-0.2, 0) is 0 Å². The third kappa shape index (κ3) is 10.4. The van der Waals surface area contributed by atoms with Crippen molar-refractivity contribution in [1.82, 2.24) is 0 Å². The predicted molar refractivity (Wildman–Crippen MR) is 142 cm³/mol. The van der Waals surface area contributed by atoms with Crippen molar-refractivity contribution in [3.05, 3.63) is 69.8 Å². The minimum Gasteiger partial charge on any atom is -0.494 e. The number of rotatable bonds is 18. The summed E-state index contributed by atoms with van der Waals surface area (Å²) in [5.74, 6) is 0.669. The molecule has 0 saturated carbocycles. The van der Waals surface area contributed by atoms with Crippen molar-refractivity contribution in [1.29, 1.82) is 0 Å². The lowest BCUT2D eigenvalue weighted by Crippen LogP contribution is -2.07. The van der Waals surface area contributed by atoms with Gasteiger partial charge in [0.2, 0.25) is 0 Å². The minimum absolute atomic E-state index is 0.00515. The third-order valence-electron chi connectivity index (χ3n) is 6.03. The molecule has 2 rings (SSSR count). The van der Waals surface area contributed by atoms with Gasteiger partial charge >= 0.3 is 0 Å². The second-order valence-electron chi connectivity index (χ2n) is 8.84. The van der Waals surface area contributed by atoms with E-state index in [0.29, 0.717) is 17.7 Å². The summed E-state index contributed by atoms with van der Waals surface area (Å²) in [6, 6.07) is 13.2. The molecule has 0 radical (unpaired) electrons. The highest BCUT2D eigenvalue weighted by atomic mass is 79.9. The Kier molecular flexibility index (Phi) is 13.5. The van der Waals surface area contributed by atoms with Crippen molar-refractivity contribution in [3.63, 3.8) is 0 Å². The molecule has 0 spiro atoms. The number of Topliss-reactive ketones (excluding diaryl/α,β-unsaturated/α-hetero) is 1. The Morgan fingerprint density at radius 1 is 0.824 bits per heavy atom. The zero-order valence-corrected chi connectivity index (χ0v) is 21.9. The highest BCUT2D eigenvalue weighted by Gasteiger charge is 2.20. The number of nitro groups is 1. The Hall–Kier alpha value is -2.21. The monoisotopic (exact) mass is 531 g/mol. The van der Waals surface area contributed by atoms with Crippen molar-refractivity contribution in [2.75, 3.05) is 6.61 Å². The van der Waals surface area contributed by atoms with Crippen LogP contribution < -0.4 is 4.74 Å². The maximum Gasteiger partial charge on any atom is 0.269 e. The zero-order chi connectivity index (χ0) is 24.6. The molecule has 1 atom stereocenters. The maximum atomic E-state index is 12.7. The van der Waals surface area contributed by atoms with Gasteiger partial charge in [-0.2, -0.15) is 0 Å². The quantitative estimate of drug-likeness (QED) is 0.0632. The summed E-state index contributed by atoms with van der Waals surface area (Å²) in [5, 5.41) is 10.8. The number of nitro benzene ring substituents is 1. The number of carbonyl (C=O) groups excluding carboxylic acids is 1. The molecule has 5 nitrogen and oxygen atoms in total. The highest BCUT2D eigenvalue weighted by molar-refractivity contribution is 9.09. The standard InChI is InChI=1S/C28H38BrNO4/c1-2-3-4-5-6-7-8-9-10-11-12-13-22-34-26-20-16-24(17-21-26)28(31)27(29)23-14-18-25(19-15-23)30(32)33/h14-21,27H,2-13,22H2,1H3. The topological polar surface area (TPSA) is 69.4 Å². The van der Waals surface area contributed by atoms with Gasteiger partial charge in [-0.15, -0.1) is 0 Å². The van der Waals surface area contributed by atoms with Gasteiger partial charge in [0.15, 0.2) is 5.78 Å². The molecule has 0 aromatic heterocycles. The summed E-state index contributed by atoms with van der Waals surface area (Å²) in [6.07, 6.45) is 15.8. The molecule has 0 amide bonds. The lowest BCUT2D eigenvalue weighted by Gasteiger charge is -2.11. The molecule has 0 fully saturated rings. The first-order chi connectivity index (χ1) is 16.5. The minimum atomic E-state index is -0.555. The van der Waals surface area contributed by atoms with Crippen molar-refractivity contribution in [2.24, 2.45) is 0 Å². The van der Waals surface area contributed by atoms with Gasteiger partial charge in [-0.1, -0.05) is 106 Å². The summed E-state index contributed by atoms with van der Waals surface area (Å²) in [6.45, 7) is 2.95. The molecule has 0 saturated heterocycles. The summed E-state index contributed by atoms with van der Waals surface area (Å²) < 4.78 is 5.83. The summed E-state index contributed by atoms with van der Waals surface area (Å²) in [4.78, 5) is 22.5. The Morgan fingerprint density at radius 3 is 1.82 bits per heavy atom. The number of ketones is 1. The van der Waals surface area contributed by atoms with Crippen LogP contribution in [0.4, 0.5) is 5.69 Å². The fraction of sp³-hybridized carbons (Fsp3) is 0.536.